The van der Waals surface area contributed by atoms with Crippen LogP contribution < -0.4 is 10.6 Å². The molecule has 2 nitrogen and oxygen atoms in total. The highest BCUT2D eigenvalue weighted by molar-refractivity contribution is 9.10. The van der Waals surface area contributed by atoms with Crippen LogP contribution in [0.2, 0.25) is 0 Å². The minimum atomic E-state index is 0.713. The number of rotatable bonds is 4. The Hall–Kier alpha value is 0.1000. The van der Waals surface area contributed by atoms with E-state index < -0.39 is 0 Å². The fourth-order valence-electron chi connectivity index (χ4n) is 3.64. The minimum Gasteiger partial charge on any atom is -0.314 e. The molecule has 1 saturated heterocycles. The van der Waals surface area contributed by atoms with Crippen LogP contribution in [0, 0.1) is 5.92 Å². The van der Waals surface area contributed by atoms with Gasteiger partial charge in [-0.2, -0.15) is 0 Å². The first-order valence-corrected chi connectivity index (χ1v) is 9.20. The van der Waals surface area contributed by atoms with E-state index in [-0.39, 0.29) is 0 Å². The van der Waals surface area contributed by atoms with Crippen molar-refractivity contribution in [1.82, 2.24) is 10.6 Å². The maximum Gasteiger partial charge on any atom is 0.0327 e. The highest BCUT2D eigenvalue weighted by Crippen LogP contribution is 2.32. The zero-order valence-corrected chi connectivity index (χ0v) is 13.7. The Labute approximate surface area is 128 Å². The van der Waals surface area contributed by atoms with Gasteiger partial charge in [0.2, 0.25) is 0 Å². The summed E-state index contributed by atoms with van der Waals surface area (Å²) in [5.41, 5.74) is 0. The van der Waals surface area contributed by atoms with Gasteiger partial charge in [-0.15, -0.1) is 11.3 Å². The summed E-state index contributed by atoms with van der Waals surface area (Å²) < 4.78 is 1.26. The Morgan fingerprint density at radius 3 is 2.95 bits per heavy atom. The zero-order chi connectivity index (χ0) is 13.1. The van der Waals surface area contributed by atoms with Crippen LogP contribution in [0.5, 0.6) is 0 Å². The van der Waals surface area contributed by atoms with E-state index in [9.17, 15) is 0 Å². The number of hydrogen-bond donors (Lipinski definition) is 2. The van der Waals surface area contributed by atoms with Gasteiger partial charge in [-0.3, -0.25) is 0 Å². The fraction of sp³-hybridized carbons (Fsp3) is 0.733. The SMILES string of the molecule is Brc1ccsc1CNC1CCCC1C1CCCCN1. The predicted molar refractivity (Wildman–Crippen MR) is 85.6 cm³/mol. The second kappa shape index (κ2) is 6.70. The van der Waals surface area contributed by atoms with Crippen LogP contribution in [0.4, 0.5) is 0 Å². The molecule has 1 aromatic heterocycles. The molecule has 0 spiro atoms. The first-order valence-electron chi connectivity index (χ1n) is 7.53. The lowest BCUT2D eigenvalue weighted by Crippen LogP contribution is -2.46. The lowest BCUT2D eigenvalue weighted by molar-refractivity contribution is 0.257. The van der Waals surface area contributed by atoms with Gasteiger partial charge in [-0.1, -0.05) is 12.8 Å². The molecule has 1 saturated carbocycles. The third-order valence-electron chi connectivity index (χ3n) is 4.65. The van der Waals surface area contributed by atoms with E-state index in [0.29, 0.717) is 6.04 Å². The van der Waals surface area contributed by atoms with Crippen molar-refractivity contribution in [3.8, 4) is 0 Å². The predicted octanol–water partition coefficient (Wildman–Crippen LogP) is 3.91. The average molecular weight is 343 g/mol. The van der Waals surface area contributed by atoms with Gasteiger partial charge < -0.3 is 10.6 Å². The number of piperidine rings is 1. The van der Waals surface area contributed by atoms with Gasteiger partial charge in [-0.25, -0.2) is 0 Å². The highest BCUT2D eigenvalue weighted by atomic mass is 79.9. The summed E-state index contributed by atoms with van der Waals surface area (Å²) in [4.78, 5) is 1.43. The third-order valence-corrected chi connectivity index (χ3v) is 6.58. The molecule has 2 fully saturated rings. The van der Waals surface area contributed by atoms with Crippen LogP contribution in [0.25, 0.3) is 0 Å². The number of hydrogen-bond acceptors (Lipinski definition) is 3. The normalized spacial score (nSPS) is 31.7. The van der Waals surface area contributed by atoms with Crippen LogP contribution in [-0.4, -0.2) is 18.6 Å². The van der Waals surface area contributed by atoms with Crippen molar-refractivity contribution >= 4 is 27.3 Å². The van der Waals surface area contributed by atoms with Crippen LogP contribution in [0.15, 0.2) is 15.9 Å². The molecule has 1 aliphatic heterocycles. The first kappa shape index (κ1) is 14.1. The Balaban J connectivity index is 1.55. The van der Waals surface area contributed by atoms with E-state index in [4.69, 9.17) is 0 Å². The van der Waals surface area contributed by atoms with Gasteiger partial charge in [0.15, 0.2) is 0 Å². The molecule has 0 radical (unpaired) electrons. The lowest BCUT2D eigenvalue weighted by Gasteiger charge is -2.33. The van der Waals surface area contributed by atoms with Crippen molar-refractivity contribution in [3.63, 3.8) is 0 Å². The summed E-state index contributed by atoms with van der Waals surface area (Å²) >= 11 is 5.47. The van der Waals surface area contributed by atoms with Gasteiger partial charge in [0.25, 0.3) is 0 Å². The van der Waals surface area contributed by atoms with Gasteiger partial charge in [-0.05, 0) is 65.5 Å². The van der Waals surface area contributed by atoms with Crippen molar-refractivity contribution in [2.75, 3.05) is 6.54 Å². The molecule has 1 aromatic rings. The van der Waals surface area contributed by atoms with Gasteiger partial charge >= 0.3 is 0 Å². The van der Waals surface area contributed by atoms with Crippen LogP contribution in [0.3, 0.4) is 0 Å². The van der Waals surface area contributed by atoms with Gasteiger partial charge in [0.1, 0.15) is 0 Å². The maximum absolute atomic E-state index is 3.81. The molecule has 1 aliphatic carbocycles. The minimum absolute atomic E-state index is 0.713. The van der Waals surface area contributed by atoms with Crippen molar-refractivity contribution in [2.45, 2.75) is 57.2 Å². The largest absolute Gasteiger partial charge is 0.314 e. The Morgan fingerprint density at radius 2 is 2.21 bits per heavy atom. The Bertz CT molecular complexity index is 401. The summed E-state index contributed by atoms with van der Waals surface area (Å²) in [5, 5.41) is 9.72. The number of nitrogens with one attached hydrogen (secondary N) is 2. The molecule has 0 aromatic carbocycles. The quantitative estimate of drug-likeness (QED) is 0.866. The molecule has 2 aliphatic rings. The van der Waals surface area contributed by atoms with Gasteiger partial charge in [0, 0.05) is 28.0 Å². The van der Waals surface area contributed by atoms with Crippen molar-refractivity contribution in [1.29, 1.82) is 0 Å². The highest BCUT2D eigenvalue weighted by Gasteiger charge is 2.33. The van der Waals surface area contributed by atoms with E-state index in [1.165, 1.54) is 54.4 Å². The standard InChI is InChI=1S/C15H23BrN2S/c16-12-7-9-19-15(12)10-18-14-6-3-4-11(14)13-5-1-2-8-17-13/h7,9,11,13-14,17-18H,1-6,8,10H2. The van der Waals surface area contributed by atoms with E-state index in [1.807, 2.05) is 11.3 Å². The summed E-state index contributed by atoms with van der Waals surface area (Å²) in [6.07, 6.45) is 8.31. The number of thiophene rings is 1. The maximum atomic E-state index is 3.81. The van der Waals surface area contributed by atoms with Crippen molar-refractivity contribution < 1.29 is 0 Å². The van der Waals surface area contributed by atoms with E-state index in [2.05, 4.69) is 38.0 Å². The Kier molecular flexibility index (Phi) is 4.96. The lowest BCUT2D eigenvalue weighted by atomic mass is 9.88. The van der Waals surface area contributed by atoms with E-state index >= 15 is 0 Å². The second-order valence-corrected chi connectivity index (χ2v) is 7.69. The number of halogens is 1. The zero-order valence-electron chi connectivity index (χ0n) is 11.3. The van der Waals surface area contributed by atoms with E-state index in [0.717, 1.165) is 18.5 Å². The van der Waals surface area contributed by atoms with Gasteiger partial charge in [0.05, 0.1) is 0 Å². The Morgan fingerprint density at radius 1 is 1.26 bits per heavy atom. The topological polar surface area (TPSA) is 24.1 Å². The molecular weight excluding hydrogens is 320 g/mol. The molecule has 4 heteroatoms. The molecule has 2 heterocycles. The first-order chi connectivity index (χ1) is 9.34. The fourth-order valence-corrected chi connectivity index (χ4v) is 5.09. The van der Waals surface area contributed by atoms with Crippen molar-refractivity contribution in [2.24, 2.45) is 5.92 Å². The van der Waals surface area contributed by atoms with Crippen LogP contribution in [-0.2, 0) is 6.54 Å². The second-order valence-electron chi connectivity index (χ2n) is 5.83. The van der Waals surface area contributed by atoms with Crippen molar-refractivity contribution in [3.05, 3.63) is 20.8 Å². The smallest absolute Gasteiger partial charge is 0.0327 e. The molecule has 3 unspecified atom stereocenters. The molecule has 3 atom stereocenters. The summed E-state index contributed by atoms with van der Waals surface area (Å²) in [5.74, 6) is 0.846. The average Bonchev–Trinajstić information content (AvgIpc) is 3.06. The molecule has 106 valence electrons. The molecule has 0 amide bonds. The molecule has 3 rings (SSSR count). The summed E-state index contributed by atoms with van der Waals surface area (Å²) in [6.45, 7) is 2.25. The summed E-state index contributed by atoms with van der Waals surface area (Å²) in [6, 6.07) is 3.63. The summed E-state index contributed by atoms with van der Waals surface area (Å²) in [7, 11) is 0. The monoisotopic (exact) mass is 342 g/mol. The van der Waals surface area contributed by atoms with Crippen LogP contribution >= 0.6 is 27.3 Å². The van der Waals surface area contributed by atoms with E-state index in [1.54, 1.807) is 0 Å². The van der Waals surface area contributed by atoms with Crippen LogP contribution in [0.1, 0.15) is 43.4 Å². The third kappa shape index (κ3) is 3.41. The molecule has 19 heavy (non-hydrogen) atoms. The molecular formula is C15H23BrN2S. The molecule has 2 N–H and O–H groups in total. The molecule has 0 bridgehead atoms.